The smallest absolute Gasteiger partial charge is 0.159 e. The SMILES string of the molecule is Clc1nnc(NCC2CCC2)c2ccccc12. The molecule has 1 aromatic heterocycles. The van der Waals surface area contributed by atoms with E-state index in [0.717, 1.165) is 29.1 Å². The summed E-state index contributed by atoms with van der Waals surface area (Å²) in [5.74, 6) is 1.64. The zero-order chi connectivity index (χ0) is 11.7. The molecule has 1 fully saturated rings. The van der Waals surface area contributed by atoms with Crippen molar-refractivity contribution in [3.8, 4) is 0 Å². The first-order valence-corrected chi connectivity index (χ1v) is 6.37. The largest absolute Gasteiger partial charge is 0.368 e. The van der Waals surface area contributed by atoms with Crippen molar-refractivity contribution in [2.45, 2.75) is 19.3 Å². The van der Waals surface area contributed by atoms with Gasteiger partial charge >= 0.3 is 0 Å². The summed E-state index contributed by atoms with van der Waals surface area (Å²) in [4.78, 5) is 0. The zero-order valence-electron chi connectivity index (χ0n) is 9.49. The molecular weight excluding hydrogens is 234 g/mol. The minimum absolute atomic E-state index is 0.467. The first-order chi connectivity index (χ1) is 8.34. The summed E-state index contributed by atoms with van der Waals surface area (Å²) in [5, 5.41) is 14.0. The van der Waals surface area contributed by atoms with Crippen LogP contribution < -0.4 is 5.32 Å². The number of hydrogen-bond acceptors (Lipinski definition) is 3. The maximum atomic E-state index is 6.03. The standard InChI is InChI=1S/C13H14ClN3/c14-12-10-6-1-2-7-11(10)13(17-16-12)15-8-9-4-3-5-9/h1-2,6-7,9H,3-5,8H2,(H,15,17). The molecular formula is C13H14ClN3. The van der Waals surface area contributed by atoms with E-state index in [-0.39, 0.29) is 0 Å². The highest BCUT2D eigenvalue weighted by atomic mass is 35.5. The molecule has 1 aliphatic rings. The molecule has 0 amide bonds. The third kappa shape index (κ3) is 2.07. The van der Waals surface area contributed by atoms with Crippen LogP contribution in [0.25, 0.3) is 10.8 Å². The molecule has 0 unspecified atom stereocenters. The van der Waals surface area contributed by atoms with Crippen LogP contribution in [0.1, 0.15) is 19.3 Å². The molecule has 1 saturated carbocycles. The van der Waals surface area contributed by atoms with Crippen molar-refractivity contribution in [2.24, 2.45) is 5.92 Å². The van der Waals surface area contributed by atoms with Gasteiger partial charge in [0.1, 0.15) is 0 Å². The van der Waals surface area contributed by atoms with Crippen LogP contribution in [-0.4, -0.2) is 16.7 Å². The van der Waals surface area contributed by atoms with Crippen LogP contribution in [0.3, 0.4) is 0 Å². The van der Waals surface area contributed by atoms with Gasteiger partial charge in [-0.3, -0.25) is 0 Å². The molecule has 0 aliphatic heterocycles. The summed E-state index contributed by atoms with van der Waals surface area (Å²) in [7, 11) is 0. The molecule has 2 aromatic rings. The molecule has 0 atom stereocenters. The third-order valence-electron chi connectivity index (χ3n) is 3.43. The van der Waals surface area contributed by atoms with Gasteiger partial charge in [-0.2, -0.15) is 0 Å². The summed E-state index contributed by atoms with van der Waals surface area (Å²) in [6.45, 7) is 0.986. The number of aromatic nitrogens is 2. The van der Waals surface area contributed by atoms with Gasteiger partial charge in [-0.15, -0.1) is 10.2 Å². The number of rotatable bonds is 3. The Balaban J connectivity index is 1.90. The molecule has 1 aromatic carbocycles. The molecule has 0 radical (unpaired) electrons. The Bertz CT molecular complexity index is 537. The van der Waals surface area contributed by atoms with Crippen molar-refractivity contribution < 1.29 is 0 Å². The number of anilines is 1. The van der Waals surface area contributed by atoms with E-state index >= 15 is 0 Å². The molecule has 3 rings (SSSR count). The van der Waals surface area contributed by atoms with Gasteiger partial charge in [0.2, 0.25) is 0 Å². The van der Waals surface area contributed by atoms with E-state index in [9.17, 15) is 0 Å². The quantitative estimate of drug-likeness (QED) is 0.902. The number of nitrogens with one attached hydrogen (secondary N) is 1. The monoisotopic (exact) mass is 247 g/mol. The average Bonchev–Trinajstić information content (AvgIpc) is 2.30. The highest BCUT2D eigenvalue weighted by Crippen LogP contribution is 2.29. The molecule has 0 saturated heterocycles. The van der Waals surface area contributed by atoms with Crippen LogP contribution in [0.5, 0.6) is 0 Å². The molecule has 88 valence electrons. The Morgan fingerprint density at radius 3 is 2.65 bits per heavy atom. The van der Waals surface area contributed by atoms with Gasteiger partial charge < -0.3 is 5.32 Å². The fourth-order valence-electron chi connectivity index (χ4n) is 2.14. The Labute approximate surface area is 105 Å². The van der Waals surface area contributed by atoms with Gasteiger partial charge in [-0.25, -0.2) is 0 Å². The number of fused-ring (bicyclic) bond motifs is 1. The Kier molecular flexibility index (Phi) is 2.85. The topological polar surface area (TPSA) is 37.8 Å². The van der Waals surface area contributed by atoms with E-state index in [4.69, 9.17) is 11.6 Å². The van der Waals surface area contributed by atoms with Gasteiger partial charge in [0.25, 0.3) is 0 Å². The van der Waals surface area contributed by atoms with Crippen LogP contribution in [0, 0.1) is 5.92 Å². The lowest BCUT2D eigenvalue weighted by molar-refractivity contribution is 0.333. The van der Waals surface area contributed by atoms with Crippen LogP contribution >= 0.6 is 11.6 Å². The fraction of sp³-hybridized carbons (Fsp3) is 0.385. The summed E-state index contributed by atoms with van der Waals surface area (Å²) in [6, 6.07) is 7.96. The van der Waals surface area contributed by atoms with Crippen molar-refractivity contribution in [2.75, 3.05) is 11.9 Å². The Morgan fingerprint density at radius 1 is 1.18 bits per heavy atom. The summed E-state index contributed by atoms with van der Waals surface area (Å²) in [5.41, 5.74) is 0. The Morgan fingerprint density at radius 2 is 1.94 bits per heavy atom. The first-order valence-electron chi connectivity index (χ1n) is 5.99. The maximum Gasteiger partial charge on any atom is 0.159 e. The molecule has 3 nitrogen and oxygen atoms in total. The van der Waals surface area contributed by atoms with Gasteiger partial charge in [0, 0.05) is 17.3 Å². The number of hydrogen-bond donors (Lipinski definition) is 1. The van der Waals surface area contributed by atoms with E-state index in [0.29, 0.717) is 5.15 Å². The van der Waals surface area contributed by atoms with Crippen LogP contribution in [0.4, 0.5) is 5.82 Å². The first kappa shape index (κ1) is 10.8. The number of halogens is 1. The molecule has 4 heteroatoms. The lowest BCUT2D eigenvalue weighted by atomic mass is 9.85. The molecule has 1 heterocycles. The normalized spacial score (nSPS) is 15.8. The molecule has 0 spiro atoms. The minimum atomic E-state index is 0.467. The van der Waals surface area contributed by atoms with E-state index in [1.807, 2.05) is 24.3 Å². The minimum Gasteiger partial charge on any atom is -0.368 e. The molecule has 1 aliphatic carbocycles. The third-order valence-corrected chi connectivity index (χ3v) is 3.70. The molecule has 17 heavy (non-hydrogen) atoms. The van der Waals surface area contributed by atoms with Crippen molar-refractivity contribution in [1.29, 1.82) is 0 Å². The highest BCUT2D eigenvalue weighted by molar-refractivity contribution is 6.34. The van der Waals surface area contributed by atoms with Crippen LogP contribution in [0.15, 0.2) is 24.3 Å². The van der Waals surface area contributed by atoms with Crippen LogP contribution in [-0.2, 0) is 0 Å². The van der Waals surface area contributed by atoms with Crippen molar-refractivity contribution in [3.05, 3.63) is 29.4 Å². The van der Waals surface area contributed by atoms with Gasteiger partial charge in [-0.1, -0.05) is 42.3 Å². The van der Waals surface area contributed by atoms with Crippen molar-refractivity contribution in [1.82, 2.24) is 10.2 Å². The van der Waals surface area contributed by atoms with Gasteiger partial charge in [0.15, 0.2) is 11.0 Å². The summed E-state index contributed by atoms with van der Waals surface area (Å²) in [6.07, 6.45) is 4.01. The summed E-state index contributed by atoms with van der Waals surface area (Å²) >= 11 is 6.03. The maximum absolute atomic E-state index is 6.03. The predicted molar refractivity (Wildman–Crippen MR) is 70.4 cm³/mol. The number of benzene rings is 1. The second-order valence-corrected chi connectivity index (χ2v) is 4.92. The Hall–Kier alpha value is -1.35. The summed E-state index contributed by atoms with van der Waals surface area (Å²) < 4.78 is 0. The fourth-order valence-corrected chi connectivity index (χ4v) is 2.34. The zero-order valence-corrected chi connectivity index (χ0v) is 10.2. The second-order valence-electron chi connectivity index (χ2n) is 4.56. The van der Waals surface area contributed by atoms with Gasteiger partial charge in [-0.05, 0) is 18.8 Å². The lowest BCUT2D eigenvalue weighted by Gasteiger charge is -2.25. The van der Waals surface area contributed by atoms with Crippen molar-refractivity contribution >= 4 is 28.2 Å². The van der Waals surface area contributed by atoms with E-state index < -0.39 is 0 Å². The number of nitrogens with zero attached hydrogens (tertiary/aromatic N) is 2. The average molecular weight is 248 g/mol. The van der Waals surface area contributed by atoms with E-state index in [1.54, 1.807) is 0 Å². The lowest BCUT2D eigenvalue weighted by Crippen LogP contribution is -2.21. The molecule has 1 N–H and O–H groups in total. The van der Waals surface area contributed by atoms with Gasteiger partial charge in [0.05, 0.1) is 0 Å². The highest BCUT2D eigenvalue weighted by Gasteiger charge is 2.17. The van der Waals surface area contributed by atoms with Crippen LogP contribution in [0.2, 0.25) is 5.15 Å². The van der Waals surface area contributed by atoms with E-state index in [1.165, 1.54) is 19.3 Å². The van der Waals surface area contributed by atoms with E-state index in [2.05, 4.69) is 15.5 Å². The predicted octanol–water partition coefficient (Wildman–Crippen LogP) is 3.50. The van der Waals surface area contributed by atoms with Crippen molar-refractivity contribution in [3.63, 3.8) is 0 Å². The second kappa shape index (κ2) is 4.49. The molecule has 0 bridgehead atoms.